The average Bonchev–Trinajstić information content (AvgIpc) is 3.35. The highest BCUT2D eigenvalue weighted by Crippen LogP contribution is 2.44. The average molecular weight is 357 g/mol. The smallest absolute Gasteiger partial charge is 0.288 e. The quantitative estimate of drug-likeness (QED) is 0.772. The van der Waals surface area contributed by atoms with Crippen LogP contribution in [0.5, 0.6) is 0 Å². The highest BCUT2D eigenvalue weighted by molar-refractivity contribution is 5.92. The van der Waals surface area contributed by atoms with Crippen molar-refractivity contribution in [3.63, 3.8) is 0 Å². The Balaban J connectivity index is 1.89. The van der Waals surface area contributed by atoms with Gasteiger partial charge in [-0.3, -0.25) is 14.3 Å². The molecule has 134 valence electrons. The van der Waals surface area contributed by atoms with Gasteiger partial charge in [-0.15, -0.1) is 0 Å². The van der Waals surface area contributed by atoms with Crippen LogP contribution in [0.1, 0.15) is 43.9 Å². The topological polar surface area (TPSA) is 72.7 Å². The lowest BCUT2D eigenvalue weighted by Crippen LogP contribution is -2.12. The summed E-state index contributed by atoms with van der Waals surface area (Å²) in [6.07, 6.45) is 8.31. The molecule has 0 radical (unpaired) electrons. The Morgan fingerprint density at radius 1 is 1.31 bits per heavy atom. The third kappa shape index (κ3) is 3.02. The van der Waals surface area contributed by atoms with Gasteiger partial charge < -0.3 is 5.32 Å². The van der Waals surface area contributed by atoms with E-state index in [2.05, 4.69) is 20.3 Å². The molecule has 1 fully saturated rings. The van der Waals surface area contributed by atoms with Crippen molar-refractivity contribution in [2.45, 2.75) is 38.5 Å². The summed E-state index contributed by atoms with van der Waals surface area (Å²) in [5.74, 6) is -2.16. The number of pyridine rings is 1. The van der Waals surface area contributed by atoms with Gasteiger partial charge in [-0.1, -0.05) is 0 Å². The predicted molar refractivity (Wildman–Crippen MR) is 92.5 cm³/mol. The minimum Gasteiger partial charge on any atom is -0.311 e. The van der Waals surface area contributed by atoms with E-state index in [0.29, 0.717) is 17.6 Å². The van der Waals surface area contributed by atoms with Gasteiger partial charge in [0.15, 0.2) is 5.82 Å². The molecule has 1 saturated carbocycles. The number of hydrogen-bond donors (Lipinski definition) is 1. The van der Waals surface area contributed by atoms with Gasteiger partial charge in [-0.25, -0.2) is 9.97 Å². The number of nitrogens with one attached hydrogen (secondary N) is 1. The van der Waals surface area contributed by atoms with Crippen LogP contribution in [0, 0.1) is 0 Å². The van der Waals surface area contributed by atoms with Crippen molar-refractivity contribution >= 4 is 22.6 Å². The van der Waals surface area contributed by atoms with Gasteiger partial charge in [-0.05, 0) is 24.3 Å². The summed E-state index contributed by atoms with van der Waals surface area (Å²) in [6.45, 7) is 2.20. The van der Waals surface area contributed by atoms with Crippen LogP contribution in [-0.2, 0) is 10.7 Å². The monoisotopic (exact) mass is 357 g/mol. The van der Waals surface area contributed by atoms with E-state index in [-0.39, 0.29) is 11.6 Å². The third-order valence-electron chi connectivity index (χ3n) is 4.36. The number of halogens is 2. The maximum Gasteiger partial charge on any atom is 0.288 e. The van der Waals surface area contributed by atoms with Gasteiger partial charge in [0.2, 0.25) is 5.91 Å². The molecule has 1 aliphatic rings. The molecule has 0 spiro atoms. The minimum absolute atomic E-state index is 0.232. The number of alkyl halides is 2. The highest BCUT2D eigenvalue weighted by atomic mass is 19.3. The molecule has 0 aliphatic heterocycles. The molecule has 1 aliphatic carbocycles. The van der Waals surface area contributed by atoms with Crippen LogP contribution < -0.4 is 5.32 Å². The van der Waals surface area contributed by atoms with Crippen molar-refractivity contribution in [3.05, 3.63) is 42.1 Å². The zero-order valence-corrected chi connectivity index (χ0v) is 14.3. The lowest BCUT2D eigenvalue weighted by molar-refractivity contribution is -0.114. The molecule has 0 unspecified atom stereocenters. The van der Waals surface area contributed by atoms with E-state index in [1.54, 1.807) is 16.8 Å². The summed E-state index contributed by atoms with van der Waals surface area (Å²) >= 11 is 0. The van der Waals surface area contributed by atoms with Crippen LogP contribution in [0.15, 0.2) is 30.9 Å². The van der Waals surface area contributed by atoms with Crippen LogP contribution in [0.2, 0.25) is 0 Å². The summed E-state index contributed by atoms with van der Waals surface area (Å²) in [4.78, 5) is 23.6. The second-order valence-electron chi connectivity index (χ2n) is 6.65. The molecular formula is C18H17F2N5O. The molecule has 6 nitrogen and oxygen atoms in total. The second kappa shape index (κ2) is 5.82. The molecule has 3 aromatic heterocycles. The molecule has 1 amide bonds. The van der Waals surface area contributed by atoms with E-state index in [1.807, 2.05) is 6.20 Å². The number of carbonyl (C=O) groups excluding carboxylic acids is 1. The molecule has 8 heteroatoms. The molecule has 3 heterocycles. The molecule has 1 N–H and O–H groups in total. The van der Waals surface area contributed by atoms with Crippen LogP contribution in [0.4, 0.5) is 14.6 Å². The fraction of sp³-hybridized carbons (Fsp3) is 0.333. The summed E-state index contributed by atoms with van der Waals surface area (Å²) in [5, 5.41) is 3.57. The first-order chi connectivity index (χ1) is 12.3. The lowest BCUT2D eigenvalue weighted by atomic mass is 10.1. The van der Waals surface area contributed by atoms with E-state index >= 15 is 0 Å². The predicted octanol–water partition coefficient (Wildman–Crippen LogP) is 3.76. The molecule has 0 saturated heterocycles. The van der Waals surface area contributed by atoms with E-state index < -0.39 is 5.92 Å². The van der Waals surface area contributed by atoms with Crippen molar-refractivity contribution in [2.24, 2.45) is 0 Å². The Morgan fingerprint density at radius 3 is 2.73 bits per heavy atom. The first-order valence-electron chi connectivity index (χ1n) is 8.32. The lowest BCUT2D eigenvalue weighted by Gasteiger charge is -2.11. The fourth-order valence-corrected chi connectivity index (χ4v) is 2.99. The molecule has 26 heavy (non-hydrogen) atoms. The Bertz CT molecular complexity index is 1000. The van der Waals surface area contributed by atoms with E-state index in [9.17, 15) is 13.6 Å². The van der Waals surface area contributed by atoms with Gasteiger partial charge in [0, 0.05) is 37.7 Å². The van der Waals surface area contributed by atoms with Gasteiger partial charge in [0.05, 0.1) is 17.9 Å². The minimum atomic E-state index is -3.08. The Morgan fingerprint density at radius 2 is 2.08 bits per heavy atom. The van der Waals surface area contributed by atoms with Crippen molar-refractivity contribution in [1.29, 1.82) is 0 Å². The van der Waals surface area contributed by atoms with Crippen LogP contribution in [-0.4, -0.2) is 25.4 Å². The molecule has 0 atom stereocenters. The molecule has 0 aromatic carbocycles. The van der Waals surface area contributed by atoms with Crippen molar-refractivity contribution in [3.8, 4) is 5.82 Å². The zero-order valence-electron chi connectivity index (χ0n) is 14.3. The number of fused-ring (bicyclic) bond motifs is 1. The number of rotatable bonds is 4. The van der Waals surface area contributed by atoms with Crippen molar-refractivity contribution in [1.82, 2.24) is 19.5 Å². The molecule has 4 rings (SSSR count). The number of amides is 1. The first-order valence-corrected chi connectivity index (χ1v) is 8.32. The normalized spacial score (nSPS) is 14.6. The van der Waals surface area contributed by atoms with Crippen LogP contribution in [0.25, 0.3) is 16.7 Å². The summed E-state index contributed by atoms with van der Waals surface area (Å²) < 4.78 is 29.0. The molecule has 0 bridgehead atoms. The van der Waals surface area contributed by atoms with Gasteiger partial charge in [0.1, 0.15) is 11.5 Å². The van der Waals surface area contributed by atoms with Gasteiger partial charge in [0.25, 0.3) is 5.92 Å². The summed E-state index contributed by atoms with van der Waals surface area (Å²) in [6, 6.07) is 1.72. The standard InChI is InChI=1S/C18H17F2N5O/c1-10(26)23-16-5-14-12(6-22-16)13(11-3-4-11)9-25(14)17-8-21-7-15(24-17)18(2,19)20/h5-9,11H,3-4H2,1-2H3,(H,22,23,26). The first kappa shape index (κ1) is 16.6. The SMILES string of the molecule is CC(=O)Nc1cc2c(cn1)c(C1CC1)cn2-c1cncc(C(C)(F)F)n1. The number of aromatic nitrogens is 4. The van der Waals surface area contributed by atoms with E-state index in [1.165, 1.54) is 13.1 Å². The highest BCUT2D eigenvalue weighted by Gasteiger charge is 2.30. The number of anilines is 1. The van der Waals surface area contributed by atoms with Crippen molar-refractivity contribution < 1.29 is 13.6 Å². The molecular weight excluding hydrogens is 340 g/mol. The maximum absolute atomic E-state index is 13.6. The zero-order chi connectivity index (χ0) is 18.5. The van der Waals surface area contributed by atoms with Crippen LogP contribution in [0.3, 0.4) is 0 Å². The van der Waals surface area contributed by atoms with Gasteiger partial charge >= 0.3 is 0 Å². The number of nitrogens with zero attached hydrogens (tertiary/aromatic N) is 4. The van der Waals surface area contributed by atoms with Crippen LogP contribution >= 0.6 is 0 Å². The number of carbonyl (C=O) groups is 1. The van der Waals surface area contributed by atoms with Crippen molar-refractivity contribution in [2.75, 3.05) is 5.32 Å². The molecule has 3 aromatic rings. The summed E-state index contributed by atoms with van der Waals surface area (Å²) in [7, 11) is 0. The fourth-order valence-electron chi connectivity index (χ4n) is 2.99. The van der Waals surface area contributed by atoms with Gasteiger partial charge in [-0.2, -0.15) is 8.78 Å². The number of hydrogen-bond acceptors (Lipinski definition) is 4. The Hall–Kier alpha value is -2.90. The third-order valence-corrected chi connectivity index (χ3v) is 4.36. The van der Waals surface area contributed by atoms with E-state index in [0.717, 1.165) is 42.4 Å². The largest absolute Gasteiger partial charge is 0.311 e. The Labute approximate surface area is 148 Å². The summed E-state index contributed by atoms with van der Waals surface area (Å²) in [5.41, 5.74) is 1.47. The van der Waals surface area contributed by atoms with E-state index in [4.69, 9.17) is 0 Å². The Kier molecular flexibility index (Phi) is 3.71. The maximum atomic E-state index is 13.6. The second-order valence-corrected chi connectivity index (χ2v) is 6.65.